The van der Waals surface area contributed by atoms with E-state index in [0.29, 0.717) is 17.8 Å². The number of aliphatic hydroxyl groups is 3. The average Bonchev–Trinajstić information content (AvgIpc) is 2.56. The van der Waals surface area contributed by atoms with Crippen molar-refractivity contribution in [3.8, 4) is 0 Å². The van der Waals surface area contributed by atoms with E-state index in [2.05, 4.69) is 6.92 Å². The Labute approximate surface area is 141 Å². The predicted molar refractivity (Wildman–Crippen MR) is 92.0 cm³/mol. The summed E-state index contributed by atoms with van der Waals surface area (Å²) in [5, 5.41) is 30.6. The van der Waals surface area contributed by atoms with Crippen molar-refractivity contribution in [3.05, 3.63) is 0 Å². The van der Waals surface area contributed by atoms with Crippen molar-refractivity contribution >= 4 is 0 Å². The van der Waals surface area contributed by atoms with E-state index >= 15 is 0 Å². The third kappa shape index (κ3) is 3.62. The maximum Gasteiger partial charge on any atom is 0.0573 e. The second kappa shape index (κ2) is 7.41. The quantitative estimate of drug-likeness (QED) is 0.742. The zero-order chi connectivity index (χ0) is 16.4. The van der Waals surface area contributed by atoms with E-state index in [1.807, 2.05) is 0 Å². The first-order valence-corrected chi connectivity index (χ1v) is 10.1. The Balaban J connectivity index is 1.82. The summed E-state index contributed by atoms with van der Waals surface area (Å²) >= 11 is 0. The number of aliphatic hydroxyl groups excluding tert-OH is 3. The molecule has 3 aliphatic rings. The van der Waals surface area contributed by atoms with Crippen LogP contribution >= 0.6 is 0 Å². The molecule has 3 saturated carbocycles. The normalized spacial score (nSPS) is 45.4. The van der Waals surface area contributed by atoms with Gasteiger partial charge in [0.1, 0.15) is 0 Å². The summed E-state index contributed by atoms with van der Waals surface area (Å²) in [4.78, 5) is 0. The van der Waals surface area contributed by atoms with E-state index < -0.39 is 0 Å². The fraction of sp³-hybridized carbons (Fsp3) is 1.00. The zero-order valence-corrected chi connectivity index (χ0v) is 14.8. The molecule has 0 heterocycles. The Kier molecular flexibility index (Phi) is 5.70. The molecule has 2 atom stereocenters. The smallest absolute Gasteiger partial charge is 0.0573 e. The number of hydrogen-bond acceptors (Lipinski definition) is 3. The van der Waals surface area contributed by atoms with Crippen LogP contribution in [0.5, 0.6) is 0 Å². The van der Waals surface area contributed by atoms with E-state index in [0.717, 1.165) is 64.2 Å². The number of rotatable bonds is 3. The van der Waals surface area contributed by atoms with Crippen molar-refractivity contribution in [2.45, 2.75) is 102 Å². The van der Waals surface area contributed by atoms with Gasteiger partial charge in [-0.05, 0) is 87.4 Å². The monoisotopic (exact) mass is 324 g/mol. The van der Waals surface area contributed by atoms with Gasteiger partial charge in [-0.1, -0.05) is 19.8 Å². The van der Waals surface area contributed by atoms with E-state index in [1.54, 1.807) is 0 Å². The molecule has 0 aromatic carbocycles. The molecule has 134 valence electrons. The highest BCUT2D eigenvalue weighted by molar-refractivity contribution is 5.00. The minimum atomic E-state index is -0.146. The Bertz CT molecular complexity index is 345. The molecule has 3 nitrogen and oxygen atoms in total. The van der Waals surface area contributed by atoms with Crippen molar-refractivity contribution < 1.29 is 15.3 Å². The maximum absolute atomic E-state index is 10.8. The summed E-state index contributed by atoms with van der Waals surface area (Å²) in [5.74, 6) is 1.67. The highest BCUT2D eigenvalue weighted by atomic mass is 16.3. The standard InChI is InChI=1S/C20H36O3/c1-20(14-6-10-16(21)11-7-14,15-8-12-17(22)13-9-15)18-4-2-3-5-19(18)23/h14-19,21-23H,2-13H2,1H3. The molecule has 0 aromatic heterocycles. The van der Waals surface area contributed by atoms with Gasteiger partial charge >= 0.3 is 0 Å². The second-order valence-electron chi connectivity index (χ2n) is 8.84. The largest absolute Gasteiger partial charge is 0.393 e. The third-order valence-corrected chi connectivity index (χ3v) is 7.68. The maximum atomic E-state index is 10.8. The summed E-state index contributed by atoms with van der Waals surface area (Å²) in [6.45, 7) is 2.46. The van der Waals surface area contributed by atoms with Crippen LogP contribution in [-0.2, 0) is 0 Å². The van der Waals surface area contributed by atoms with E-state index in [1.165, 1.54) is 12.8 Å². The molecule has 3 fully saturated rings. The lowest BCUT2D eigenvalue weighted by atomic mass is 9.51. The second-order valence-corrected chi connectivity index (χ2v) is 8.84. The Morgan fingerprint density at radius 3 is 1.48 bits per heavy atom. The van der Waals surface area contributed by atoms with Crippen LogP contribution in [-0.4, -0.2) is 33.6 Å². The highest BCUT2D eigenvalue weighted by Crippen LogP contribution is 2.56. The zero-order valence-electron chi connectivity index (χ0n) is 14.8. The molecule has 3 heteroatoms. The average molecular weight is 325 g/mol. The molecule has 0 aromatic rings. The summed E-state index contributed by atoms with van der Waals surface area (Å²) in [5.41, 5.74) is 0.181. The first-order valence-electron chi connectivity index (χ1n) is 10.1. The van der Waals surface area contributed by atoms with Crippen LogP contribution in [0.4, 0.5) is 0 Å². The molecule has 3 N–H and O–H groups in total. The van der Waals surface area contributed by atoms with E-state index in [4.69, 9.17) is 0 Å². The van der Waals surface area contributed by atoms with Gasteiger partial charge in [-0.3, -0.25) is 0 Å². The summed E-state index contributed by atoms with van der Waals surface area (Å²) in [7, 11) is 0. The van der Waals surface area contributed by atoms with Crippen molar-refractivity contribution in [1.82, 2.24) is 0 Å². The predicted octanol–water partition coefficient (Wildman–Crippen LogP) is 3.65. The molecular weight excluding hydrogens is 288 g/mol. The van der Waals surface area contributed by atoms with Gasteiger partial charge in [-0.2, -0.15) is 0 Å². The first-order chi connectivity index (χ1) is 11.0. The molecule has 0 radical (unpaired) electrons. The van der Waals surface area contributed by atoms with Gasteiger partial charge in [0.2, 0.25) is 0 Å². The van der Waals surface area contributed by atoms with Gasteiger partial charge in [0.15, 0.2) is 0 Å². The summed E-state index contributed by atoms with van der Waals surface area (Å²) < 4.78 is 0. The van der Waals surface area contributed by atoms with Gasteiger partial charge in [0, 0.05) is 0 Å². The molecule has 0 amide bonds. The van der Waals surface area contributed by atoms with Crippen LogP contribution in [0.2, 0.25) is 0 Å². The topological polar surface area (TPSA) is 60.7 Å². The third-order valence-electron chi connectivity index (χ3n) is 7.68. The van der Waals surface area contributed by atoms with Crippen LogP contribution in [0.15, 0.2) is 0 Å². The van der Waals surface area contributed by atoms with Crippen LogP contribution < -0.4 is 0 Å². The fourth-order valence-electron chi connectivity index (χ4n) is 6.17. The molecule has 2 unspecified atom stereocenters. The Morgan fingerprint density at radius 1 is 0.609 bits per heavy atom. The van der Waals surface area contributed by atoms with Gasteiger partial charge in [-0.25, -0.2) is 0 Å². The molecule has 0 saturated heterocycles. The van der Waals surface area contributed by atoms with E-state index in [9.17, 15) is 15.3 Å². The molecular formula is C20H36O3. The van der Waals surface area contributed by atoms with Crippen molar-refractivity contribution in [2.75, 3.05) is 0 Å². The fourth-order valence-corrected chi connectivity index (χ4v) is 6.17. The SMILES string of the molecule is CC(C1CCC(O)CC1)(C1CCC(O)CC1)C1CCCCC1O. The molecule has 0 aliphatic heterocycles. The van der Waals surface area contributed by atoms with Crippen molar-refractivity contribution in [1.29, 1.82) is 0 Å². The minimum absolute atomic E-state index is 0.111. The van der Waals surface area contributed by atoms with E-state index in [-0.39, 0.29) is 23.7 Å². The van der Waals surface area contributed by atoms with Gasteiger partial charge in [-0.15, -0.1) is 0 Å². The van der Waals surface area contributed by atoms with Crippen LogP contribution in [0.25, 0.3) is 0 Å². The lowest BCUT2D eigenvalue weighted by Crippen LogP contribution is -2.50. The van der Waals surface area contributed by atoms with Gasteiger partial charge in [0.25, 0.3) is 0 Å². The molecule has 0 spiro atoms. The van der Waals surface area contributed by atoms with Crippen LogP contribution in [0.1, 0.15) is 84.0 Å². The molecule has 23 heavy (non-hydrogen) atoms. The molecule has 0 bridgehead atoms. The highest BCUT2D eigenvalue weighted by Gasteiger charge is 2.50. The summed E-state index contributed by atoms with van der Waals surface area (Å²) in [6.07, 6.45) is 12.3. The molecule has 3 rings (SSSR count). The minimum Gasteiger partial charge on any atom is -0.393 e. The summed E-state index contributed by atoms with van der Waals surface area (Å²) in [6, 6.07) is 0. The Morgan fingerprint density at radius 2 is 1.04 bits per heavy atom. The van der Waals surface area contributed by atoms with Crippen molar-refractivity contribution in [2.24, 2.45) is 23.2 Å². The van der Waals surface area contributed by atoms with Gasteiger partial charge < -0.3 is 15.3 Å². The van der Waals surface area contributed by atoms with Crippen LogP contribution in [0.3, 0.4) is 0 Å². The molecule has 3 aliphatic carbocycles. The van der Waals surface area contributed by atoms with Crippen molar-refractivity contribution in [3.63, 3.8) is 0 Å². The lowest BCUT2D eigenvalue weighted by molar-refractivity contribution is -0.100. The Hall–Kier alpha value is -0.120. The first kappa shape index (κ1) is 17.7. The van der Waals surface area contributed by atoms with Crippen LogP contribution in [0, 0.1) is 23.2 Å². The van der Waals surface area contributed by atoms with Gasteiger partial charge in [0.05, 0.1) is 18.3 Å². The number of hydrogen-bond donors (Lipinski definition) is 3. The lowest BCUT2D eigenvalue weighted by Gasteiger charge is -2.54.